The summed E-state index contributed by atoms with van der Waals surface area (Å²) < 4.78 is 2.27. The molecule has 2 aromatic carbocycles. The minimum absolute atomic E-state index is 0.134. The quantitative estimate of drug-likeness (QED) is 0.510. The maximum Gasteiger partial charge on any atom is 0.219 e. The maximum atomic E-state index is 11.7. The highest BCUT2D eigenvalue weighted by Crippen LogP contribution is 2.35. The van der Waals surface area contributed by atoms with Gasteiger partial charge in [-0.05, 0) is 42.0 Å². The number of benzene rings is 2. The van der Waals surface area contributed by atoms with Gasteiger partial charge in [0.15, 0.2) is 0 Å². The summed E-state index contributed by atoms with van der Waals surface area (Å²) in [5, 5.41) is 11.5. The second kappa shape index (κ2) is 7.78. The largest absolute Gasteiger partial charge is 0.353 e. The topological polar surface area (TPSA) is 75.6 Å². The number of hydrogen-bond donors (Lipinski definition) is 2. The Bertz CT molecular complexity index is 1170. The molecule has 152 valence electrons. The Kier molecular flexibility index (Phi) is 4.83. The molecule has 1 saturated carbocycles. The van der Waals surface area contributed by atoms with Crippen LogP contribution < -0.4 is 5.32 Å². The molecule has 1 aliphatic rings. The van der Waals surface area contributed by atoms with Crippen LogP contribution in [0.1, 0.15) is 38.6 Å². The molecule has 6 heteroatoms. The number of imidazole rings is 1. The van der Waals surface area contributed by atoms with E-state index in [9.17, 15) is 4.79 Å². The van der Waals surface area contributed by atoms with E-state index in [0.29, 0.717) is 12.5 Å². The van der Waals surface area contributed by atoms with E-state index in [1.165, 1.54) is 11.1 Å². The Labute approximate surface area is 175 Å². The summed E-state index contributed by atoms with van der Waals surface area (Å²) in [7, 11) is 0. The lowest BCUT2D eigenvalue weighted by molar-refractivity contribution is -0.121. The van der Waals surface area contributed by atoms with Gasteiger partial charge in [0.05, 0.1) is 29.9 Å². The van der Waals surface area contributed by atoms with Crippen molar-refractivity contribution in [3.8, 4) is 22.4 Å². The van der Waals surface area contributed by atoms with Crippen LogP contribution in [0.5, 0.6) is 0 Å². The summed E-state index contributed by atoms with van der Waals surface area (Å²) in [5.74, 6) is 0.134. The van der Waals surface area contributed by atoms with E-state index in [4.69, 9.17) is 0 Å². The maximum absolute atomic E-state index is 11.7. The number of fused-ring (bicyclic) bond motifs is 1. The molecule has 1 unspecified atom stereocenters. The van der Waals surface area contributed by atoms with Gasteiger partial charge in [-0.1, -0.05) is 43.3 Å². The van der Waals surface area contributed by atoms with E-state index >= 15 is 0 Å². The summed E-state index contributed by atoms with van der Waals surface area (Å²) in [6, 6.07) is 15.5. The number of aromatic amines is 1. The van der Waals surface area contributed by atoms with E-state index in [2.05, 4.69) is 55.4 Å². The van der Waals surface area contributed by atoms with E-state index in [1.54, 1.807) is 0 Å². The fourth-order valence-corrected chi connectivity index (χ4v) is 4.53. The van der Waals surface area contributed by atoms with Gasteiger partial charge in [-0.25, -0.2) is 4.98 Å². The van der Waals surface area contributed by atoms with Gasteiger partial charge >= 0.3 is 0 Å². The summed E-state index contributed by atoms with van der Waals surface area (Å²) >= 11 is 0. The lowest BCUT2D eigenvalue weighted by Gasteiger charge is -2.17. The van der Waals surface area contributed by atoms with Crippen LogP contribution in [0, 0.1) is 0 Å². The lowest BCUT2D eigenvalue weighted by Crippen LogP contribution is -2.32. The van der Waals surface area contributed by atoms with Crippen molar-refractivity contribution < 1.29 is 4.79 Å². The van der Waals surface area contributed by atoms with Gasteiger partial charge in [0, 0.05) is 23.9 Å². The number of nitrogens with one attached hydrogen (secondary N) is 2. The number of H-pyrrole nitrogens is 1. The smallest absolute Gasteiger partial charge is 0.219 e. The zero-order chi connectivity index (χ0) is 20.5. The van der Waals surface area contributed by atoms with Crippen LogP contribution in [0.4, 0.5) is 0 Å². The monoisotopic (exact) mass is 399 g/mol. The van der Waals surface area contributed by atoms with Crippen molar-refractivity contribution in [3.05, 3.63) is 61.2 Å². The van der Waals surface area contributed by atoms with Crippen LogP contribution in [0.25, 0.3) is 33.3 Å². The average Bonchev–Trinajstić information content (AvgIpc) is 3.53. The number of nitrogens with zero attached hydrogens (tertiary/aromatic N) is 3. The molecule has 0 aliphatic heterocycles. The summed E-state index contributed by atoms with van der Waals surface area (Å²) in [6.07, 6.45) is 9.29. The van der Waals surface area contributed by atoms with Crippen LogP contribution in [-0.4, -0.2) is 31.7 Å². The summed E-state index contributed by atoms with van der Waals surface area (Å²) in [6.45, 7) is 1.90. The number of amides is 1. The van der Waals surface area contributed by atoms with Gasteiger partial charge in [-0.3, -0.25) is 9.89 Å². The molecular formula is C24H25N5O. The Morgan fingerprint density at radius 1 is 1.13 bits per heavy atom. The molecule has 0 spiro atoms. The third kappa shape index (κ3) is 3.38. The van der Waals surface area contributed by atoms with Crippen LogP contribution in [0.15, 0.2) is 61.2 Å². The molecule has 30 heavy (non-hydrogen) atoms. The van der Waals surface area contributed by atoms with Crippen LogP contribution in [0.2, 0.25) is 0 Å². The summed E-state index contributed by atoms with van der Waals surface area (Å²) in [4.78, 5) is 16.1. The Morgan fingerprint density at radius 2 is 1.97 bits per heavy atom. The molecule has 0 saturated heterocycles. The molecule has 5 rings (SSSR count). The molecule has 1 aliphatic carbocycles. The lowest BCUT2D eigenvalue weighted by atomic mass is 10.00. The number of rotatable bonds is 5. The highest BCUT2D eigenvalue weighted by atomic mass is 16.1. The zero-order valence-corrected chi connectivity index (χ0v) is 17.0. The highest BCUT2D eigenvalue weighted by Gasteiger charge is 2.28. The third-order valence-corrected chi connectivity index (χ3v) is 6.13. The first-order valence-corrected chi connectivity index (χ1v) is 10.6. The van der Waals surface area contributed by atoms with Crippen LogP contribution >= 0.6 is 0 Å². The first-order chi connectivity index (χ1) is 14.7. The van der Waals surface area contributed by atoms with Gasteiger partial charge < -0.3 is 9.88 Å². The van der Waals surface area contributed by atoms with Crippen LogP contribution in [0.3, 0.4) is 0 Å². The van der Waals surface area contributed by atoms with E-state index in [1.807, 2.05) is 37.8 Å². The minimum atomic E-state index is 0.134. The second-order valence-electron chi connectivity index (χ2n) is 7.99. The van der Waals surface area contributed by atoms with Crippen molar-refractivity contribution >= 4 is 16.8 Å². The molecule has 6 nitrogen and oxygen atoms in total. The average molecular weight is 399 g/mol. The minimum Gasteiger partial charge on any atom is -0.353 e. The van der Waals surface area contributed by atoms with Gasteiger partial charge in [0.2, 0.25) is 5.91 Å². The molecule has 2 atom stereocenters. The van der Waals surface area contributed by atoms with Crippen molar-refractivity contribution in [1.29, 1.82) is 0 Å². The normalized spacial score (nSPS) is 18.7. The second-order valence-corrected chi connectivity index (χ2v) is 7.99. The van der Waals surface area contributed by atoms with Crippen molar-refractivity contribution in [2.75, 3.05) is 0 Å². The first kappa shape index (κ1) is 18.6. The van der Waals surface area contributed by atoms with Gasteiger partial charge in [-0.15, -0.1) is 0 Å². The molecule has 2 heterocycles. The SMILES string of the molecule is CCC(=O)NC1CC[C@@H](n2cncc2-c2ccc(-c3cccc4[nH]ncc34)cc2)C1. The fraction of sp³-hybridized carbons (Fsp3) is 0.292. The number of hydrogen-bond acceptors (Lipinski definition) is 3. The van der Waals surface area contributed by atoms with Gasteiger partial charge in [-0.2, -0.15) is 5.10 Å². The third-order valence-electron chi connectivity index (χ3n) is 6.13. The van der Waals surface area contributed by atoms with Crippen molar-refractivity contribution in [2.24, 2.45) is 0 Å². The molecular weight excluding hydrogens is 374 g/mol. The first-order valence-electron chi connectivity index (χ1n) is 10.6. The molecule has 2 N–H and O–H groups in total. The van der Waals surface area contributed by atoms with Gasteiger partial charge in [0.25, 0.3) is 0 Å². The summed E-state index contributed by atoms with van der Waals surface area (Å²) in [5.41, 5.74) is 5.65. The molecule has 1 amide bonds. The number of carbonyl (C=O) groups excluding carboxylic acids is 1. The molecule has 4 aromatic rings. The predicted molar refractivity (Wildman–Crippen MR) is 118 cm³/mol. The highest BCUT2D eigenvalue weighted by molar-refractivity contribution is 5.94. The van der Waals surface area contributed by atoms with E-state index in [0.717, 1.165) is 41.4 Å². The molecule has 2 aromatic heterocycles. The van der Waals surface area contributed by atoms with Crippen molar-refractivity contribution in [2.45, 2.75) is 44.7 Å². The Balaban J connectivity index is 1.38. The van der Waals surface area contributed by atoms with Crippen molar-refractivity contribution in [1.82, 2.24) is 25.1 Å². The molecule has 1 fully saturated rings. The Morgan fingerprint density at radius 3 is 2.80 bits per heavy atom. The molecule has 0 radical (unpaired) electrons. The number of carbonyl (C=O) groups is 1. The predicted octanol–water partition coefficient (Wildman–Crippen LogP) is 4.71. The van der Waals surface area contributed by atoms with Crippen LogP contribution in [-0.2, 0) is 4.79 Å². The molecule has 0 bridgehead atoms. The zero-order valence-electron chi connectivity index (χ0n) is 17.0. The standard InChI is InChI=1S/C24H25N5O/c1-2-24(30)27-18-10-11-19(12-18)29-15-25-14-23(29)17-8-6-16(7-9-17)20-4-3-5-22-21(20)13-26-28-22/h3-9,13-15,18-19H,2,10-12H2,1H3,(H,26,28)(H,27,30)/t18?,19-/m1/s1. The van der Waals surface area contributed by atoms with E-state index in [-0.39, 0.29) is 11.9 Å². The number of aromatic nitrogens is 4. The van der Waals surface area contributed by atoms with E-state index < -0.39 is 0 Å². The fourth-order valence-electron chi connectivity index (χ4n) is 4.53. The van der Waals surface area contributed by atoms with Gasteiger partial charge in [0.1, 0.15) is 0 Å². The Hall–Kier alpha value is -3.41. The van der Waals surface area contributed by atoms with Crippen molar-refractivity contribution in [3.63, 3.8) is 0 Å².